The Balaban J connectivity index is 1.49. The van der Waals surface area contributed by atoms with Crippen molar-refractivity contribution in [3.05, 3.63) is 24.2 Å². The number of rotatable bonds is 8. The molecule has 148 valence electrons. The summed E-state index contributed by atoms with van der Waals surface area (Å²) in [5.41, 5.74) is 0. The number of amides is 2. The number of hydrogen-bond donors (Lipinski definition) is 2. The van der Waals surface area contributed by atoms with Gasteiger partial charge in [-0.3, -0.25) is 9.59 Å². The van der Waals surface area contributed by atoms with E-state index in [-0.39, 0.29) is 24.3 Å². The average Bonchev–Trinajstić information content (AvgIpc) is 3.21. The number of carbonyl (C=O) groups is 2. The van der Waals surface area contributed by atoms with E-state index < -0.39 is 0 Å². The van der Waals surface area contributed by atoms with E-state index in [1.54, 1.807) is 20.4 Å². The molecule has 2 fully saturated rings. The fourth-order valence-electron chi connectivity index (χ4n) is 3.15. The van der Waals surface area contributed by atoms with Gasteiger partial charge in [0.25, 0.3) is 0 Å². The van der Waals surface area contributed by atoms with Gasteiger partial charge in [-0.05, 0) is 25.0 Å². The molecule has 1 aliphatic carbocycles. The van der Waals surface area contributed by atoms with E-state index in [0.717, 1.165) is 31.6 Å². The van der Waals surface area contributed by atoms with Crippen molar-refractivity contribution in [3.8, 4) is 0 Å². The summed E-state index contributed by atoms with van der Waals surface area (Å²) in [5, 5.41) is 6.54. The van der Waals surface area contributed by atoms with Crippen LogP contribution in [0.5, 0.6) is 0 Å². The molecule has 0 bridgehead atoms. The number of nitrogens with zero attached hydrogens (tertiary/aromatic N) is 3. The van der Waals surface area contributed by atoms with Gasteiger partial charge in [-0.1, -0.05) is 0 Å². The van der Waals surface area contributed by atoms with Gasteiger partial charge in [0.1, 0.15) is 12.3 Å². The van der Waals surface area contributed by atoms with Crippen LogP contribution in [0.4, 0.5) is 0 Å². The molecule has 1 aromatic heterocycles. The predicted octanol–water partition coefficient (Wildman–Crippen LogP) is 0.456. The number of nitrogens with one attached hydrogen (secondary N) is 2. The second kappa shape index (κ2) is 8.92. The molecule has 1 saturated carbocycles. The molecule has 1 aliphatic heterocycles. The smallest absolute Gasteiger partial charge is 0.243 e. The van der Waals surface area contributed by atoms with Gasteiger partial charge < -0.3 is 24.9 Å². The van der Waals surface area contributed by atoms with Gasteiger partial charge in [0.15, 0.2) is 5.96 Å². The minimum Gasteiger partial charge on any atom is -0.469 e. The molecule has 2 heterocycles. The van der Waals surface area contributed by atoms with Crippen molar-refractivity contribution in [2.75, 3.05) is 40.3 Å². The summed E-state index contributed by atoms with van der Waals surface area (Å²) in [6, 6.07) is 4.26. The van der Waals surface area contributed by atoms with E-state index >= 15 is 0 Å². The minimum absolute atomic E-state index is 0.0573. The van der Waals surface area contributed by atoms with E-state index in [4.69, 9.17) is 4.42 Å². The van der Waals surface area contributed by atoms with Crippen molar-refractivity contribution in [1.29, 1.82) is 0 Å². The first-order valence-corrected chi connectivity index (χ1v) is 9.57. The van der Waals surface area contributed by atoms with E-state index in [0.29, 0.717) is 31.5 Å². The lowest BCUT2D eigenvalue weighted by atomic mass is 10.1. The van der Waals surface area contributed by atoms with Gasteiger partial charge in [-0.2, -0.15) is 0 Å². The van der Waals surface area contributed by atoms with Crippen molar-refractivity contribution in [2.24, 2.45) is 10.9 Å². The zero-order valence-corrected chi connectivity index (χ0v) is 16.1. The molecule has 2 N–H and O–H groups in total. The topological polar surface area (TPSA) is 90.2 Å². The van der Waals surface area contributed by atoms with Crippen molar-refractivity contribution in [1.82, 2.24) is 20.4 Å². The minimum atomic E-state index is -0.0573. The van der Waals surface area contributed by atoms with Crippen LogP contribution in [-0.4, -0.2) is 73.9 Å². The summed E-state index contributed by atoms with van der Waals surface area (Å²) in [4.78, 5) is 31.9. The summed E-state index contributed by atoms with van der Waals surface area (Å²) in [6.07, 6.45) is 5.24. The predicted molar refractivity (Wildman–Crippen MR) is 102 cm³/mol. The first-order chi connectivity index (χ1) is 13.0. The Labute approximate surface area is 160 Å². The normalized spacial score (nSPS) is 20.1. The highest BCUT2D eigenvalue weighted by molar-refractivity contribution is 5.85. The van der Waals surface area contributed by atoms with Crippen LogP contribution in [0, 0.1) is 5.92 Å². The Kier molecular flexibility index (Phi) is 6.36. The molecule has 0 spiro atoms. The van der Waals surface area contributed by atoms with Gasteiger partial charge in [0.05, 0.1) is 6.26 Å². The van der Waals surface area contributed by atoms with Gasteiger partial charge >= 0.3 is 0 Å². The molecule has 27 heavy (non-hydrogen) atoms. The van der Waals surface area contributed by atoms with E-state index in [1.807, 2.05) is 17.0 Å². The van der Waals surface area contributed by atoms with Crippen molar-refractivity contribution >= 4 is 17.8 Å². The molecular formula is C19H29N5O3. The molecule has 2 amide bonds. The van der Waals surface area contributed by atoms with Gasteiger partial charge in [0.2, 0.25) is 11.8 Å². The Morgan fingerprint density at radius 2 is 2.19 bits per heavy atom. The molecule has 1 aromatic rings. The molecular weight excluding hydrogens is 346 g/mol. The van der Waals surface area contributed by atoms with Gasteiger partial charge in [-0.15, -0.1) is 0 Å². The molecule has 1 saturated heterocycles. The molecule has 2 aliphatic rings. The molecule has 0 aromatic carbocycles. The van der Waals surface area contributed by atoms with Crippen LogP contribution in [0.1, 0.15) is 25.0 Å². The fourth-order valence-corrected chi connectivity index (χ4v) is 3.15. The number of guanidine groups is 1. The molecule has 1 atom stereocenters. The van der Waals surface area contributed by atoms with Gasteiger partial charge in [0, 0.05) is 58.5 Å². The van der Waals surface area contributed by atoms with E-state index in [9.17, 15) is 9.59 Å². The maximum absolute atomic E-state index is 12.1. The van der Waals surface area contributed by atoms with Crippen LogP contribution in [0.25, 0.3) is 0 Å². The summed E-state index contributed by atoms with van der Waals surface area (Å²) >= 11 is 0. The lowest BCUT2D eigenvalue weighted by Gasteiger charge is -2.17. The van der Waals surface area contributed by atoms with Crippen LogP contribution in [-0.2, 0) is 16.0 Å². The Morgan fingerprint density at radius 1 is 1.37 bits per heavy atom. The Hall–Kier alpha value is -2.51. The number of likely N-dealkylation sites (tertiary alicyclic amines) is 1. The first kappa shape index (κ1) is 19.3. The molecule has 0 radical (unpaired) electrons. The number of likely N-dealkylation sites (N-methyl/N-ethyl adjacent to an activating group) is 1. The zero-order chi connectivity index (χ0) is 19.2. The summed E-state index contributed by atoms with van der Waals surface area (Å²) in [7, 11) is 3.43. The maximum Gasteiger partial charge on any atom is 0.243 e. The third-order valence-electron chi connectivity index (χ3n) is 4.90. The number of hydrogen-bond acceptors (Lipinski definition) is 4. The number of carbonyl (C=O) groups excluding carboxylic acids is 2. The average molecular weight is 375 g/mol. The second-order valence-corrected chi connectivity index (χ2v) is 7.44. The Morgan fingerprint density at radius 3 is 2.85 bits per heavy atom. The SMILES string of the molecule is CN(C)C(=O)CN=C(NCCc1ccco1)NCC1CC(=O)N(C2CC2)C1. The fraction of sp³-hybridized carbons (Fsp3) is 0.632. The van der Waals surface area contributed by atoms with Gasteiger partial charge in [-0.25, -0.2) is 4.99 Å². The largest absolute Gasteiger partial charge is 0.469 e. The first-order valence-electron chi connectivity index (χ1n) is 9.57. The highest BCUT2D eigenvalue weighted by Crippen LogP contribution is 2.32. The maximum atomic E-state index is 12.1. The molecule has 8 heteroatoms. The third kappa shape index (κ3) is 5.74. The van der Waals surface area contributed by atoms with Crippen LogP contribution >= 0.6 is 0 Å². The number of aliphatic imine (C=N–C) groups is 1. The lowest BCUT2D eigenvalue weighted by molar-refractivity contribution is -0.128. The van der Waals surface area contributed by atoms with E-state index in [2.05, 4.69) is 15.6 Å². The van der Waals surface area contributed by atoms with Crippen LogP contribution in [0.15, 0.2) is 27.8 Å². The number of furan rings is 1. The summed E-state index contributed by atoms with van der Waals surface area (Å²) in [6.45, 7) is 2.21. The Bertz CT molecular complexity index is 667. The monoisotopic (exact) mass is 375 g/mol. The highest BCUT2D eigenvalue weighted by Gasteiger charge is 2.39. The van der Waals surface area contributed by atoms with Crippen molar-refractivity contribution < 1.29 is 14.0 Å². The van der Waals surface area contributed by atoms with Crippen LogP contribution in [0.2, 0.25) is 0 Å². The highest BCUT2D eigenvalue weighted by atomic mass is 16.3. The standard InChI is InChI=1S/C19H29N5O3/c1-23(2)18(26)12-22-19(20-8-7-16-4-3-9-27-16)21-11-14-10-17(25)24(13-14)15-5-6-15/h3-4,9,14-15H,5-8,10-13H2,1-2H3,(H2,20,21,22). The molecule has 8 nitrogen and oxygen atoms in total. The van der Waals surface area contributed by atoms with Crippen LogP contribution < -0.4 is 10.6 Å². The lowest BCUT2D eigenvalue weighted by Crippen LogP contribution is -2.42. The molecule has 1 unspecified atom stereocenters. The summed E-state index contributed by atoms with van der Waals surface area (Å²) < 4.78 is 5.33. The summed E-state index contributed by atoms with van der Waals surface area (Å²) in [5.74, 6) is 1.97. The third-order valence-corrected chi connectivity index (χ3v) is 4.90. The second-order valence-electron chi connectivity index (χ2n) is 7.44. The molecule has 3 rings (SSSR count). The zero-order valence-electron chi connectivity index (χ0n) is 16.1. The quantitative estimate of drug-likeness (QED) is 0.509. The van der Waals surface area contributed by atoms with Crippen molar-refractivity contribution in [2.45, 2.75) is 31.7 Å². The van der Waals surface area contributed by atoms with Crippen molar-refractivity contribution in [3.63, 3.8) is 0 Å². The van der Waals surface area contributed by atoms with Crippen LogP contribution in [0.3, 0.4) is 0 Å². The van der Waals surface area contributed by atoms with E-state index in [1.165, 1.54) is 4.90 Å².